The molecule has 0 fully saturated rings. The average Bonchev–Trinajstić information content (AvgIpc) is 3.07. The summed E-state index contributed by atoms with van der Waals surface area (Å²) in [5.74, 6) is 0.815. The van der Waals surface area contributed by atoms with E-state index in [0.29, 0.717) is 34.8 Å². The van der Waals surface area contributed by atoms with Crippen LogP contribution in [0.4, 0.5) is 5.69 Å². The number of carbonyl (C=O) groups excluding carboxylic acids is 2. The van der Waals surface area contributed by atoms with Crippen molar-refractivity contribution in [3.05, 3.63) is 82.9 Å². The summed E-state index contributed by atoms with van der Waals surface area (Å²) in [7, 11) is 0. The van der Waals surface area contributed by atoms with Crippen LogP contribution in [0, 0.1) is 0 Å². The molecule has 172 valence electrons. The first kappa shape index (κ1) is 24.2. The molecule has 1 aliphatic rings. The summed E-state index contributed by atoms with van der Waals surface area (Å²) in [5.41, 5.74) is 7.84. The van der Waals surface area contributed by atoms with Gasteiger partial charge in [0.1, 0.15) is 5.75 Å². The van der Waals surface area contributed by atoms with Crippen LogP contribution < -0.4 is 5.32 Å². The number of benzene rings is 3. The summed E-state index contributed by atoms with van der Waals surface area (Å²) in [6.07, 6.45) is 0. The van der Waals surface area contributed by atoms with Crippen LogP contribution in [-0.2, 0) is 4.79 Å². The van der Waals surface area contributed by atoms with E-state index in [1.165, 1.54) is 27.8 Å². The molecule has 3 aromatic rings. The molecule has 0 aliphatic carbocycles. The van der Waals surface area contributed by atoms with E-state index >= 15 is 0 Å². The molecule has 4 heteroatoms. The van der Waals surface area contributed by atoms with Crippen molar-refractivity contribution in [3.8, 4) is 16.9 Å². The molecule has 33 heavy (non-hydrogen) atoms. The molecule has 0 saturated carbocycles. The van der Waals surface area contributed by atoms with Crippen molar-refractivity contribution in [1.29, 1.82) is 0 Å². The van der Waals surface area contributed by atoms with Gasteiger partial charge in [-0.15, -0.1) is 0 Å². The second kappa shape index (κ2) is 10.0. The number of rotatable bonds is 4. The largest absolute Gasteiger partial charge is 0.508 e. The van der Waals surface area contributed by atoms with Crippen LogP contribution in [-0.4, -0.2) is 16.8 Å². The van der Waals surface area contributed by atoms with Gasteiger partial charge in [0.25, 0.3) is 11.7 Å². The van der Waals surface area contributed by atoms with Gasteiger partial charge in [0, 0.05) is 0 Å². The van der Waals surface area contributed by atoms with Crippen LogP contribution in [0.2, 0.25) is 0 Å². The minimum absolute atomic E-state index is 0.319. The van der Waals surface area contributed by atoms with Gasteiger partial charge in [0.05, 0.1) is 11.3 Å². The summed E-state index contributed by atoms with van der Waals surface area (Å²) in [6.45, 7) is 13.5. The molecular formula is C29H33NO3. The zero-order chi connectivity index (χ0) is 24.3. The number of phenols is 1. The normalized spacial score (nSPS) is 12.6. The number of fused-ring (bicyclic) bond motifs is 1. The lowest BCUT2D eigenvalue weighted by Crippen LogP contribution is -2.12. The maximum Gasteiger partial charge on any atom is 0.296 e. The van der Waals surface area contributed by atoms with E-state index in [0.717, 1.165) is 0 Å². The lowest BCUT2D eigenvalue weighted by molar-refractivity contribution is -0.112. The maximum atomic E-state index is 11.0. The van der Waals surface area contributed by atoms with Gasteiger partial charge in [0.15, 0.2) is 0 Å². The van der Waals surface area contributed by atoms with E-state index in [-0.39, 0.29) is 0 Å². The second-order valence-corrected chi connectivity index (χ2v) is 9.41. The summed E-state index contributed by atoms with van der Waals surface area (Å²) >= 11 is 0. The van der Waals surface area contributed by atoms with Crippen molar-refractivity contribution in [2.75, 3.05) is 5.32 Å². The number of carbonyl (C=O) groups is 2. The molecule has 0 unspecified atom stereocenters. The smallest absolute Gasteiger partial charge is 0.296 e. The lowest BCUT2D eigenvalue weighted by atomic mass is 9.82. The van der Waals surface area contributed by atoms with E-state index in [4.69, 9.17) is 0 Å². The Balaban J connectivity index is 0.000000231. The quantitative estimate of drug-likeness (QED) is 0.417. The highest BCUT2D eigenvalue weighted by Crippen LogP contribution is 2.39. The Morgan fingerprint density at radius 3 is 1.76 bits per heavy atom. The van der Waals surface area contributed by atoms with E-state index in [2.05, 4.69) is 59.0 Å². The Morgan fingerprint density at radius 1 is 0.727 bits per heavy atom. The van der Waals surface area contributed by atoms with Crippen LogP contribution in [0.3, 0.4) is 0 Å². The van der Waals surface area contributed by atoms with E-state index in [1.807, 2.05) is 12.1 Å². The van der Waals surface area contributed by atoms with Crippen LogP contribution in [0.15, 0.2) is 60.7 Å². The fourth-order valence-corrected chi connectivity index (χ4v) is 4.01. The van der Waals surface area contributed by atoms with Crippen LogP contribution in [0.5, 0.6) is 5.75 Å². The molecule has 0 spiro atoms. The van der Waals surface area contributed by atoms with Crippen LogP contribution in [0.1, 0.15) is 86.3 Å². The SMILES string of the molecule is CC(C)c1cc(C(C)C)c(-c2ccc(O)cc2)c(C(C)C)c1.O=C1Nc2ccccc2C1=O. The minimum Gasteiger partial charge on any atom is -0.508 e. The fourth-order valence-electron chi connectivity index (χ4n) is 4.01. The lowest BCUT2D eigenvalue weighted by Gasteiger charge is -2.23. The molecular weight excluding hydrogens is 410 g/mol. The van der Waals surface area contributed by atoms with Gasteiger partial charge in [-0.3, -0.25) is 9.59 Å². The van der Waals surface area contributed by atoms with Gasteiger partial charge in [-0.1, -0.05) is 77.9 Å². The summed E-state index contributed by atoms with van der Waals surface area (Å²) in [5, 5.41) is 12.0. The Kier molecular flexibility index (Phi) is 7.37. The number of Topliss-reactive ketones (excluding diaryl/α,β-unsaturated/α-hetero) is 1. The van der Waals surface area contributed by atoms with E-state index in [9.17, 15) is 14.7 Å². The predicted octanol–water partition coefficient (Wildman–Crippen LogP) is 7.25. The third-order valence-corrected chi connectivity index (χ3v) is 5.91. The highest BCUT2D eigenvalue weighted by Gasteiger charge is 2.26. The van der Waals surface area contributed by atoms with Gasteiger partial charge >= 0.3 is 0 Å². The number of nitrogens with one attached hydrogen (secondary N) is 1. The van der Waals surface area contributed by atoms with Crippen molar-refractivity contribution in [2.45, 2.75) is 59.3 Å². The van der Waals surface area contributed by atoms with E-state index in [1.54, 1.807) is 36.4 Å². The summed E-state index contributed by atoms with van der Waals surface area (Å²) in [4.78, 5) is 21.8. The highest BCUT2D eigenvalue weighted by molar-refractivity contribution is 6.51. The van der Waals surface area contributed by atoms with Crippen molar-refractivity contribution < 1.29 is 14.7 Å². The molecule has 0 radical (unpaired) electrons. The zero-order valence-corrected chi connectivity index (χ0v) is 20.3. The standard InChI is InChI=1S/C21H28O.C8H5NO2/c1-13(2)17-11-19(14(3)4)21(20(12-17)15(5)6)16-7-9-18(22)10-8-16;10-7-5-3-1-2-4-6(5)9-8(7)11/h7-15,22H,1-6H3;1-4H,(H,9,10,11). The number of amides is 1. The average molecular weight is 444 g/mol. The molecule has 4 nitrogen and oxygen atoms in total. The molecule has 1 amide bonds. The molecule has 1 heterocycles. The van der Waals surface area contributed by atoms with E-state index < -0.39 is 11.7 Å². The first-order valence-electron chi connectivity index (χ1n) is 11.5. The molecule has 0 saturated heterocycles. The Labute approximate surface area is 196 Å². The highest BCUT2D eigenvalue weighted by atomic mass is 16.3. The fraction of sp³-hybridized carbons (Fsp3) is 0.310. The monoisotopic (exact) mass is 443 g/mol. The van der Waals surface area contributed by atoms with Gasteiger partial charge < -0.3 is 10.4 Å². The molecule has 2 N–H and O–H groups in total. The molecule has 3 aromatic carbocycles. The van der Waals surface area contributed by atoms with Gasteiger partial charge in [-0.25, -0.2) is 0 Å². The van der Waals surface area contributed by atoms with Crippen LogP contribution in [0.25, 0.3) is 11.1 Å². The Hall–Kier alpha value is -3.40. The van der Waals surface area contributed by atoms with Crippen molar-refractivity contribution in [3.63, 3.8) is 0 Å². The molecule has 0 bridgehead atoms. The first-order valence-corrected chi connectivity index (χ1v) is 11.5. The number of ketones is 1. The third kappa shape index (κ3) is 5.33. The van der Waals surface area contributed by atoms with Crippen molar-refractivity contribution in [1.82, 2.24) is 0 Å². The number of aromatic hydroxyl groups is 1. The molecule has 0 aromatic heterocycles. The topological polar surface area (TPSA) is 66.4 Å². The molecule has 1 aliphatic heterocycles. The predicted molar refractivity (Wildman–Crippen MR) is 135 cm³/mol. The zero-order valence-electron chi connectivity index (χ0n) is 20.3. The van der Waals surface area contributed by atoms with Gasteiger partial charge in [-0.2, -0.15) is 0 Å². The Bertz CT molecular complexity index is 1130. The van der Waals surface area contributed by atoms with Crippen molar-refractivity contribution >= 4 is 17.4 Å². The third-order valence-electron chi connectivity index (χ3n) is 5.91. The van der Waals surface area contributed by atoms with Crippen molar-refractivity contribution in [2.24, 2.45) is 0 Å². The first-order chi connectivity index (χ1) is 15.6. The van der Waals surface area contributed by atoms with Gasteiger partial charge in [-0.05, 0) is 69.8 Å². The number of para-hydroxylation sites is 1. The Morgan fingerprint density at radius 2 is 1.27 bits per heavy atom. The minimum atomic E-state index is -0.536. The number of anilines is 1. The summed E-state index contributed by atoms with van der Waals surface area (Å²) in [6, 6.07) is 19.2. The molecule has 0 atom stereocenters. The molecule has 4 rings (SSSR count). The number of hydrogen-bond donors (Lipinski definition) is 2. The number of hydrogen-bond acceptors (Lipinski definition) is 3. The summed E-state index contributed by atoms with van der Waals surface area (Å²) < 4.78 is 0. The number of phenolic OH excluding ortho intramolecular Hbond substituents is 1. The maximum absolute atomic E-state index is 11.0. The van der Waals surface area contributed by atoms with Gasteiger partial charge in [0.2, 0.25) is 0 Å². The van der Waals surface area contributed by atoms with Crippen LogP contribution >= 0.6 is 0 Å². The second-order valence-electron chi connectivity index (χ2n) is 9.41.